The number of benzene rings is 4. The smallest absolute Gasteiger partial charge is 0.399 e. The van der Waals surface area contributed by atoms with Gasteiger partial charge in [0.15, 0.2) is 0 Å². The van der Waals surface area contributed by atoms with E-state index in [1.54, 1.807) is 0 Å². The van der Waals surface area contributed by atoms with Crippen LogP contribution in [0.3, 0.4) is 0 Å². The zero-order valence-corrected chi connectivity index (χ0v) is 22.2. The Morgan fingerprint density at radius 2 is 1.11 bits per heavy atom. The molecule has 0 aromatic heterocycles. The minimum absolute atomic E-state index is 0.347. The van der Waals surface area contributed by atoms with Crippen LogP contribution in [-0.4, -0.2) is 49.7 Å². The van der Waals surface area contributed by atoms with Gasteiger partial charge in [-0.1, -0.05) is 88.6 Å². The van der Waals surface area contributed by atoms with Crippen LogP contribution in [0.15, 0.2) is 66.7 Å². The van der Waals surface area contributed by atoms with E-state index in [1.165, 1.54) is 60.3 Å². The SMILES string of the molecule is Bc1c(B)c(-c2ccc(-c3cccc4ccccc34)cc2)c(B)c(B)c1B1OC(C)(C)C(C)(C)O1. The van der Waals surface area contributed by atoms with Gasteiger partial charge in [-0.15, -0.1) is 0 Å². The lowest BCUT2D eigenvalue weighted by Gasteiger charge is -2.32. The van der Waals surface area contributed by atoms with Crippen LogP contribution in [0.1, 0.15) is 27.7 Å². The quantitative estimate of drug-likeness (QED) is 0.390. The second-order valence-corrected chi connectivity index (χ2v) is 11.0. The standard InChI is InChI=1S/C28H31B5O2/c1-27(2)28(3,4)35-33(34-27)26-24(31)22(29)21(23(30)25(26)32)18-14-12-17(13-15-18)20-11-7-9-16-8-5-6-10-19(16)20/h5-15H,29-32H2,1-4H3. The fourth-order valence-electron chi connectivity index (χ4n) is 5.38. The molecule has 1 aliphatic heterocycles. The molecule has 0 unspecified atom stereocenters. The molecule has 7 heteroatoms. The van der Waals surface area contributed by atoms with E-state index in [2.05, 4.69) is 126 Å². The third-order valence-corrected chi connectivity index (χ3v) is 8.45. The Bertz CT molecular complexity index is 1390. The van der Waals surface area contributed by atoms with Crippen LogP contribution >= 0.6 is 0 Å². The van der Waals surface area contributed by atoms with Gasteiger partial charge in [0.05, 0.1) is 11.2 Å². The fraction of sp³-hybridized carbons (Fsp3) is 0.214. The molecule has 4 aromatic rings. The highest BCUT2D eigenvalue weighted by molar-refractivity contribution is 6.77. The van der Waals surface area contributed by atoms with Crippen LogP contribution < -0.4 is 27.3 Å². The first-order valence-corrected chi connectivity index (χ1v) is 12.6. The minimum Gasteiger partial charge on any atom is -0.399 e. The zero-order valence-electron chi connectivity index (χ0n) is 22.2. The lowest BCUT2D eigenvalue weighted by Crippen LogP contribution is -2.62. The van der Waals surface area contributed by atoms with Gasteiger partial charge in [-0.3, -0.25) is 0 Å². The molecule has 0 spiro atoms. The molecule has 1 saturated heterocycles. The first-order chi connectivity index (χ1) is 16.5. The van der Waals surface area contributed by atoms with Gasteiger partial charge in [-0.25, -0.2) is 0 Å². The lowest BCUT2D eigenvalue weighted by atomic mass is 9.56. The van der Waals surface area contributed by atoms with Crippen molar-refractivity contribution in [2.24, 2.45) is 0 Å². The first kappa shape index (κ1) is 24.1. The van der Waals surface area contributed by atoms with Gasteiger partial charge in [0.2, 0.25) is 0 Å². The van der Waals surface area contributed by atoms with Crippen molar-refractivity contribution in [2.75, 3.05) is 0 Å². The van der Waals surface area contributed by atoms with E-state index in [-0.39, 0.29) is 18.3 Å². The highest BCUT2D eigenvalue weighted by Gasteiger charge is 2.52. The monoisotopic (exact) mass is 454 g/mol. The Hall–Kier alpha value is -2.62. The van der Waals surface area contributed by atoms with E-state index in [0.29, 0.717) is 0 Å². The summed E-state index contributed by atoms with van der Waals surface area (Å²) in [4.78, 5) is 0. The molecule has 2 nitrogen and oxygen atoms in total. The summed E-state index contributed by atoms with van der Waals surface area (Å²) in [5.74, 6) is 0. The first-order valence-electron chi connectivity index (χ1n) is 12.6. The van der Waals surface area contributed by atoms with Gasteiger partial charge in [0.25, 0.3) is 0 Å². The van der Waals surface area contributed by atoms with Crippen LogP contribution in [0, 0.1) is 0 Å². The third-order valence-electron chi connectivity index (χ3n) is 8.45. The fourth-order valence-corrected chi connectivity index (χ4v) is 5.38. The van der Waals surface area contributed by atoms with Crippen molar-refractivity contribution in [3.05, 3.63) is 66.7 Å². The predicted molar refractivity (Wildman–Crippen MR) is 163 cm³/mol. The van der Waals surface area contributed by atoms with Crippen molar-refractivity contribution in [2.45, 2.75) is 38.9 Å². The Labute approximate surface area is 213 Å². The van der Waals surface area contributed by atoms with E-state index < -0.39 is 0 Å². The Morgan fingerprint density at radius 1 is 0.600 bits per heavy atom. The second-order valence-electron chi connectivity index (χ2n) is 11.0. The summed E-state index contributed by atoms with van der Waals surface area (Å²) in [6.07, 6.45) is 0. The number of hydrogen-bond acceptors (Lipinski definition) is 2. The van der Waals surface area contributed by atoms with Gasteiger partial charge < -0.3 is 9.31 Å². The topological polar surface area (TPSA) is 18.5 Å². The van der Waals surface area contributed by atoms with Crippen molar-refractivity contribution in [3.63, 3.8) is 0 Å². The summed E-state index contributed by atoms with van der Waals surface area (Å²) >= 11 is 0. The van der Waals surface area contributed by atoms with Crippen molar-refractivity contribution in [1.82, 2.24) is 0 Å². The largest absolute Gasteiger partial charge is 0.493 e. The van der Waals surface area contributed by atoms with Gasteiger partial charge in [0, 0.05) is 0 Å². The van der Waals surface area contributed by atoms with Crippen molar-refractivity contribution in [1.29, 1.82) is 0 Å². The molecule has 1 heterocycles. The van der Waals surface area contributed by atoms with Crippen LogP contribution in [0.4, 0.5) is 0 Å². The van der Waals surface area contributed by atoms with Gasteiger partial charge in [-0.05, 0) is 66.2 Å². The maximum Gasteiger partial charge on any atom is 0.493 e. The van der Waals surface area contributed by atoms with Gasteiger partial charge in [-0.2, -0.15) is 0 Å². The molecular formula is C28H31B5O2. The number of hydrogen-bond donors (Lipinski definition) is 0. The molecule has 0 N–H and O–H groups in total. The average molecular weight is 454 g/mol. The lowest BCUT2D eigenvalue weighted by molar-refractivity contribution is 0.00578. The molecule has 0 atom stereocenters. The summed E-state index contributed by atoms with van der Waals surface area (Å²) in [6.45, 7) is 8.46. The number of rotatable bonds is 3. The molecule has 0 saturated carbocycles. The third kappa shape index (κ3) is 3.90. The van der Waals surface area contributed by atoms with Crippen LogP contribution in [0.5, 0.6) is 0 Å². The highest BCUT2D eigenvalue weighted by Crippen LogP contribution is 2.36. The predicted octanol–water partition coefficient (Wildman–Crippen LogP) is -0.493. The molecule has 4 aromatic carbocycles. The number of fused-ring (bicyclic) bond motifs is 1. The van der Waals surface area contributed by atoms with Crippen LogP contribution in [0.2, 0.25) is 0 Å². The van der Waals surface area contributed by atoms with E-state index >= 15 is 0 Å². The second kappa shape index (κ2) is 8.50. The molecular weight excluding hydrogens is 422 g/mol. The van der Waals surface area contributed by atoms with Gasteiger partial charge >= 0.3 is 7.12 Å². The molecule has 0 aliphatic carbocycles. The average Bonchev–Trinajstić information content (AvgIpc) is 3.04. The van der Waals surface area contributed by atoms with E-state index in [4.69, 9.17) is 9.31 Å². The van der Waals surface area contributed by atoms with Crippen molar-refractivity contribution >= 4 is 76.6 Å². The van der Waals surface area contributed by atoms with E-state index in [0.717, 1.165) is 0 Å². The summed E-state index contributed by atoms with van der Waals surface area (Å²) in [5.41, 5.74) is 10.6. The Balaban J connectivity index is 1.56. The molecule has 0 radical (unpaired) electrons. The molecule has 1 fully saturated rings. The molecule has 0 amide bonds. The maximum atomic E-state index is 6.44. The molecule has 35 heavy (non-hydrogen) atoms. The van der Waals surface area contributed by atoms with Gasteiger partial charge in [0.1, 0.15) is 31.4 Å². The van der Waals surface area contributed by atoms with Crippen LogP contribution in [-0.2, 0) is 9.31 Å². The van der Waals surface area contributed by atoms with Crippen molar-refractivity contribution in [3.8, 4) is 22.3 Å². The van der Waals surface area contributed by atoms with E-state index in [9.17, 15) is 0 Å². The summed E-state index contributed by atoms with van der Waals surface area (Å²) < 4.78 is 12.9. The normalized spacial score (nSPS) is 16.6. The zero-order chi connectivity index (χ0) is 25.1. The summed E-state index contributed by atoms with van der Waals surface area (Å²) in [6, 6.07) is 24.1. The van der Waals surface area contributed by atoms with E-state index in [1.807, 2.05) is 0 Å². The van der Waals surface area contributed by atoms with Crippen LogP contribution in [0.25, 0.3) is 33.0 Å². The summed E-state index contributed by atoms with van der Waals surface area (Å²) in [5, 5.41) is 2.55. The van der Waals surface area contributed by atoms with Crippen molar-refractivity contribution < 1.29 is 9.31 Å². The Kier molecular flexibility index (Phi) is 5.85. The Morgan fingerprint density at radius 3 is 1.71 bits per heavy atom. The summed E-state index contributed by atoms with van der Waals surface area (Å²) in [7, 11) is 8.52. The molecule has 1 aliphatic rings. The molecule has 5 rings (SSSR count). The molecule has 0 bridgehead atoms. The maximum absolute atomic E-state index is 6.44. The molecule has 170 valence electrons. The highest BCUT2D eigenvalue weighted by atomic mass is 16.7. The minimum atomic E-state index is -0.353.